The van der Waals surface area contributed by atoms with Crippen LogP contribution in [-0.2, 0) is 16.1 Å². The topological polar surface area (TPSA) is 81.5 Å². The van der Waals surface area contributed by atoms with Gasteiger partial charge in [0.25, 0.3) is 5.56 Å². The Hall–Kier alpha value is -2.22. The molecule has 0 saturated carbocycles. The van der Waals surface area contributed by atoms with Gasteiger partial charge in [0.1, 0.15) is 11.4 Å². The van der Waals surface area contributed by atoms with Gasteiger partial charge in [0, 0.05) is 18.5 Å². The summed E-state index contributed by atoms with van der Waals surface area (Å²) in [7, 11) is 0. The molecule has 0 saturated heterocycles. The molecule has 8 heteroatoms. The molecule has 2 aromatic rings. The van der Waals surface area contributed by atoms with Crippen molar-refractivity contribution in [3.63, 3.8) is 0 Å². The molecule has 148 valence electrons. The van der Waals surface area contributed by atoms with Gasteiger partial charge in [-0.25, -0.2) is 9.78 Å². The Kier molecular flexibility index (Phi) is 7.97. The highest BCUT2D eigenvalue weighted by Crippen LogP contribution is 2.21. The number of hydrogen-bond donors (Lipinski definition) is 0. The van der Waals surface area contributed by atoms with E-state index in [2.05, 4.69) is 4.98 Å². The zero-order valence-corrected chi connectivity index (χ0v) is 17.0. The average molecular weight is 394 g/mol. The smallest absolute Gasteiger partial charge is 0.339 e. The minimum atomic E-state index is -0.517. The van der Waals surface area contributed by atoms with E-state index < -0.39 is 5.97 Å². The second-order valence-corrected chi connectivity index (χ2v) is 7.24. The van der Waals surface area contributed by atoms with Crippen LogP contribution in [0.5, 0.6) is 0 Å². The number of amides is 1. The van der Waals surface area contributed by atoms with Gasteiger partial charge in [-0.15, -0.1) is 11.3 Å². The Balaban J connectivity index is 2.27. The molecule has 0 aliphatic heterocycles. The van der Waals surface area contributed by atoms with E-state index in [1.807, 2.05) is 20.8 Å². The van der Waals surface area contributed by atoms with E-state index in [-0.39, 0.29) is 29.0 Å². The van der Waals surface area contributed by atoms with Crippen LogP contribution in [0.4, 0.5) is 0 Å². The molecular formula is C19H27N3O4S. The first-order valence-corrected chi connectivity index (χ1v) is 10.3. The predicted molar refractivity (Wildman–Crippen MR) is 106 cm³/mol. The van der Waals surface area contributed by atoms with Gasteiger partial charge in [-0.05, 0) is 19.3 Å². The summed E-state index contributed by atoms with van der Waals surface area (Å²) < 4.78 is 6.51. The highest BCUT2D eigenvalue weighted by Gasteiger charge is 2.20. The van der Waals surface area contributed by atoms with Crippen LogP contribution in [0, 0.1) is 0 Å². The molecule has 0 aliphatic rings. The number of ether oxygens (including phenoxy) is 1. The number of thiophene rings is 1. The summed E-state index contributed by atoms with van der Waals surface area (Å²) in [5.41, 5.74) is -0.158. The summed E-state index contributed by atoms with van der Waals surface area (Å²) in [6, 6.07) is 0. The Morgan fingerprint density at radius 1 is 1.19 bits per heavy atom. The number of fused-ring (bicyclic) bond motifs is 1. The van der Waals surface area contributed by atoms with Gasteiger partial charge < -0.3 is 9.64 Å². The maximum Gasteiger partial charge on any atom is 0.339 e. The zero-order valence-electron chi connectivity index (χ0n) is 16.2. The molecule has 0 bridgehead atoms. The molecule has 2 rings (SSSR count). The fourth-order valence-electron chi connectivity index (χ4n) is 2.76. The molecule has 0 N–H and O–H groups in total. The largest absolute Gasteiger partial charge is 0.462 e. The van der Waals surface area contributed by atoms with Crippen molar-refractivity contribution in [2.45, 2.75) is 53.0 Å². The van der Waals surface area contributed by atoms with Crippen LogP contribution in [0.3, 0.4) is 0 Å². The van der Waals surface area contributed by atoms with Gasteiger partial charge in [0.15, 0.2) is 0 Å². The van der Waals surface area contributed by atoms with E-state index >= 15 is 0 Å². The molecule has 0 spiro atoms. The van der Waals surface area contributed by atoms with Crippen molar-refractivity contribution in [2.24, 2.45) is 0 Å². The Morgan fingerprint density at radius 2 is 1.89 bits per heavy atom. The van der Waals surface area contributed by atoms with E-state index in [1.54, 1.807) is 10.3 Å². The number of carbonyl (C=O) groups is 2. The third-order valence-electron chi connectivity index (χ3n) is 4.16. The molecule has 2 aromatic heterocycles. The van der Waals surface area contributed by atoms with Gasteiger partial charge in [-0.3, -0.25) is 14.2 Å². The van der Waals surface area contributed by atoms with Crippen LogP contribution in [0.25, 0.3) is 10.2 Å². The third kappa shape index (κ3) is 5.15. The zero-order chi connectivity index (χ0) is 19.8. The number of aromatic nitrogens is 2. The van der Waals surface area contributed by atoms with E-state index in [4.69, 9.17) is 4.74 Å². The van der Waals surface area contributed by atoms with Crippen LogP contribution in [0.1, 0.15) is 56.8 Å². The maximum absolute atomic E-state index is 12.9. The highest BCUT2D eigenvalue weighted by atomic mass is 32.1. The van der Waals surface area contributed by atoms with Crippen molar-refractivity contribution in [3.05, 3.63) is 27.6 Å². The fraction of sp³-hybridized carbons (Fsp3) is 0.579. The number of hydrogen-bond acceptors (Lipinski definition) is 6. The number of unbranched alkanes of at least 4 members (excludes halogenated alkanes) is 1. The van der Waals surface area contributed by atoms with Crippen molar-refractivity contribution in [3.8, 4) is 0 Å². The molecule has 0 atom stereocenters. The predicted octanol–water partition coefficient (Wildman–Crippen LogP) is 3.06. The van der Waals surface area contributed by atoms with E-state index in [1.165, 1.54) is 22.2 Å². The lowest BCUT2D eigenvalue weighted by Gasteiger charge is -2.21. The van der Waals surface area contributed by atoms with Crippen molar-refractivity contribution >= 4 is 33.4 Å². The molecule has 0 fully saturated rings. The quantitative estimate of drug-likeness (QED) is 0.458. The lowest BCUT2D eigenvalue weighted by molar-refractivity contribution is -0.132. The van der Waals surface area contributed by atoms with Crippen molar-refractivity contribution in [1.29, 1.82) is 0 Å². The van der Waals surface area contributed by atoms with E-state index in [0.29, 0.717) is 24.5 Å². The Labute approximate surface area is 163 Å². The highest BCUT2D eigenvalue weighted by molar-refractivity contribution is 7.17. The number of esters is 1. The average Bonchev–Trinajstić information content (AvgIpc) is 3.09. The summed E-state index contributed by atoms with van der Waals surface area (Å²) in [4.78, 5) is 44.2. The SMILES string of the molecule is CCCCOC(=O)c1csc2ncn(CC(=O)N(CCC)CCC)c(=O)c12. The molecule has 0 unspecified atom stereocenters. The van der Waals surface area contributed by atoms with Crippen LogP contribution in [-0.4, -0.2) is 46.0 Å². The van der Waals surface area contributed by atoms with E-state index in [0.717, 1.165) is 25.7 Å². The number of rotatable bonds is 10. The minimum Gasteiger partial charge on any atom is -0.462 e. The van der Waals surface area contributed by atoms with Crippen molar-refractivity contribution in [2.75, 3.05) is 19.7 Å². The van der Waals surface area contributed by atoms with Gasteiger partial charge in [0.2, 0.25) is 5.91 Å². The summed E-state index contributed by atoms with van der Waals surface area (Å²) in [5.74, 6) is -0.638. The van der Waals surface area contributed by atoms with Crippen LogP contribution in [0.2, 0.25) is 0 Å². The lowest BCUT2D eigenvalue weighted by Crippen LogP contribution is -2.37. The molecule has 0 aliphatic carbocycles. The monoisotopic (exact) mass is 393 g/mol. The first kappa shape index (κ1) is 21.1. The van der Waals surface area contributed by atoms with Gasteiger partial charge in [-0.1, -0.05) is 27.2 Å². The van der Waals surface area contributed by atoms with Crippen molar-refractivity contribution in [1.82, 2.24) is 14.5 Å². The normalized spacial score (nSPS) is 10.9. The van der Waals surface area contributed by atoms with E-state index in [9.17, 15) is 14.4 Å². The Bertz CT molecular complexity index is 837. The van der Waals surface area contributed by atoms with Gasteiger partial charge in [-0.2, -0.15) is 0 Å². The van der Waals surface area contributed by atoms with Crippen LogP contribution >= 0.6 is 11.3 Å². The van der Waals surface area contributed by atoms with Crippen molar-refractivity contribution < 1.29 is 14.3 Å². The second-order valence-electron chi connectivity index (χ2n) is 6.38. The molecule has 0 aromatic carbocycles. The first-order valence-electron chi connectivity index (χ1n) is 9.44. The molecule has 0 radical (unpaired) electrons. The van der Waals surface area contributed by atoms with Gasteiger partial charge in [0.05, 0.1) is 23.9 Å². The second kappa shape index (κ2) is 10.2. The molecule has 2 heterocycles. The minimum absolute atomic E-state index is 0.0814. The Morgan fingerprint density at radius 3 is 2.52 bits per heavy atom. The standard InChI is InChI=1S/C19H27N3O4S/c1-4-7-10-26-19(25)14-12-27-17-16(14)18(24)22(13-20-17)11-15(23)21(8-5-2)9-6-3/h12-13H,4-11H2,1-3H3. The summed E-state index contributed by atoms with van der Waals surface area (Å²) in [5, 5.41) is 1.83. The fourth-order valence-corrected chi connectivity index (χ4v) is 3.63. The van der Waals surface area contributed by atoms with Crippen LogP contribution in [0.15, 0.2) is 16.5 Å². The lowest BCUT2D eigenvalue weighted by atomic mass is 10.2. The molecular weight excluding hydrogens is 366 g/mol. The van der Waals surface area contributed by atoms with Crippen LogP contribution < -0.4 is 5.56 Å². The van der Waals surface area contributed by atoms with Gasteiger partial charge >= 0.3 is 5.97 Å². The third-order valence-corrected chi connectivity index (χ3v) is 5.04. The maximum atomic E-state index is 12.9. The number of carbonyl (C=O) groups excluding carboxylic acids is 2. The summed E-state index contributed by atoms with van der Waals surface area (Å²) in [6.45, 7) is 7.59. The molecule has 7 nitrogen and oxygen atoms in total. The summed E-state index contributed by atoms with van der Waals surface area (Å²) >= 11 is 1.23. The molecule has 1 amide bonds. The first-order chi connectivity index (χ1) is 13.0. The number of nitrogens with zero attached hydrogens (tertiary/aromatic N) is 3. The molecule has 27 heavy (non-hydrogen) atoms. The summed E-state index contributed by atoms with van der Waals surface area (Å²) in [6.07, 6.45) is 4.78.